The number of esters is 2. The summed E-state index contributed by atoms with van der Waals surface area (Å²) < 4.78 is 9.82. The molecule has 0 spiro atoms. The van der Waals surface area contributed by atoms with Gasteiger partial charge in [-0.3, -0.25) is 14.4 Å². The van der Waals surface area contributed by atoms with Gasteiger partial charge in [-0.15, -0.1) is 0 Å². The number of hydrogen-bond donors (Lipinski definition) is 2. The summed E-state index contributed by atoms with van der Waals surface area (Å²) >= 11 is 0. The van der Waals surface area contributed by atoms with Gasteiger partial charge in [-0.25, -0.2) is 0 Å². The quantitative estimate of drug-likeness (QED) is 0.351. The highest BCUT2D eigenvalue weighted by Crippen LogP contribution is 2.31. The lowest BCUT2D eigenvalue weighted by Gasteiger charge is -2.19. The molecular weight excluding hydrogens is 288 g/mol. The normalized spacial score (nSPS) is 10.4. The first-order chi connectivity index (χ1) is 10.3. The fourth-order valence-corrected chi connectivity index (χ4v) is 2.09. The number of Topliss-reactive ketones (excluding diaryl/α,β-unsaturated/α-hetero) is 1. The molecule has 120 valence electrons. The van der Waals surface area contributed by atoms with Gasteiger partial charge >= 0.3 is 11.9 Å². The topological polar surface area (TPSA) is 122 Å². The molecule has 0 aliphatic heterocycles. The van der Waals surface area contributed by atoms with Crippen molar-refractivity contribution in [3.63, 3.8) is 0 Å². The van der Waals surface area contributed by atoms with Crippen LogP contribution in [0.25, 0.3) is 0 Å². The van der Waals surface area contributed by atoms with Gasteiger partial charge in [0.15, 0.2) is 11.7 Å². The van der Waals surface area contributed by atoms with Gasteiger partial charge in [-0.05, 0) is 32.4 Å². The Hall–Kier alpha value is -2.57. The summed E-state index contributed by atoms with van der Waals surface area (Å²) in [6.07, 6.45) is 0. The van der Waals surface area contributed by atoms with Crippen LogP contribution in [-0.2, 0) is 19.1 Å². The van der Waals surface area contributed by atoms with E-state index in [1.807, 2.05) is 0 Å². The number of benzene rings is 1. The van der Waals surface area contributed by atoms with Crippen LogP contribution in [0.5, 0.6) is 0 Å². The minimum atomic E-state index is -1.37. The summed E-state index contributed by atoms with van der Waals surface area (Å²) in [5.74, 6) is -3.37. The Labute approximate surface area is 128 Å². The first-order valence-electron chi connectivity index (χ1n) is 6.87. The van der Waals surface area contributed by atoms with Gasteiger partial charge in [0.2, 0.25) is 0 Å². The minimum absolute atomic E-state index is 0.0311. The second kappa shape index (κ2) is 7.44. The number of ketones is 1. The molecule has 0 fully saturated rings. The summed E-state index contributed by atoms with van der Waals surface area (Å²) in [5, 5.41) is 0. The average Bonchev–Trinajstić information content (AvgIpc) is 2.43. The van der Waals surface area contributed by atoms with Crippen molar-refractivity contribution < 1.29 is 23.9 Å². The highest BCUT2D eigenvalue weighted by Gasteiger charge is 2.35. The Morgan fingerprint density at radius 3 is 1.95 bits per heavy atom. The van der Waals surface area contributed by atoms with Crippen molar-refractivity contribution in [2.45, 2.75) is 26.7 Å². The first-order valence-corrected chi connectivity index (χ1v) is 6.87. The molecule has 0 aromatic heterocycles. The third-order valence-corrected chi connectivity index (χ3v) is 3.02. The van der Waals surface area contributed by atoms with Crippen LogP contribution >= 0.6 is 0 Å². The van der Waals surface area contributed by atoms with Gasteiger partial charge in [0.25, 0.3) is 0 Å². The van der Waals surface area contributed by atoms with Crippen LogP contribution in [0, 0.1) is 0 Å². The molecule has 0 aliphatic carbocycles. The van der Waals surface area contributed by atoms with Crippen LogP contribution in [0.4, 0.5) is 11.4 Å². The van der Waals surface area contributed by atoms with Gasteiger partial charge in [0, 0.05) is 5.56 Å². The lowest BCUT2D eigenvalue weighted by atomic mass is 9.90. The standard InChI is InChI=1S/C15H20N2O5/c1-4-21-14(19)12(15(20)22-5-2)9-6-7-10(16)13(17)11(9)8(3)18/h6-7,12H,4-5,16-17H2,1-3H3. The van der Waals surface area contributed by atoms with Crippen molar-refractivity contribution in [2.24, 2.45) is 0 Å². The van der Waals surface area contributed by atoms with Gasteiger partial charge in [-0.2, -0.15) is 0 Å². The summed E-state index contributed by atoms with van der Waals surface area (Å²) in [5.41, 5.74) is 11.9. The van der Waals surface area contributed by atoms with E-state index in [2.05, 4.69) is 0 Å². The zero-order valence-electron chi connectivity index (χ0n) is 12.8. The average molecular weight is 308 g/mol. The SMILES string of the molecule is CCOC(=O)C(C(=O)OCC)c1ccc(N)c(N)c1C(C)=O. The van der Waals surface area contributed by atoms with Crippen molar-refractivity contribution in [1.29, 1.82) is 0 Å². The number of hydrogen-bond acceptors (Lipinski definition) is 7. The Bertz CT molecular complexity index is 580. The van der Waals surface area contributed by atoms with Crippen LogP contribution in [0.15, 0.2) is 12.1 Å². The van der Waals surface area contributed by atoms with Crippen LogP contribution in [0.1, 0.15) is 42.6 Å². The van der Waals surface area contributed by atoms with Crippen LogP contribution in [0.3, 0.4) is 0 Å². The smallest absolute Gasteiger partial charge is 0.324 e. The van der Waals surface area contributed by atoms with Gasteiger partial charge < -0.3 is 20.9 Å². The number of anilines is 2. The fraction of sp³-hybridized carbons (Fsp3) is 0.400. The number of carbonyl (C=O) groups excluding carboxylic acids is 3. The number of nitrogen functional groups attached to an aromatic ring is 2. The summed E-state index contributed by atoms with van der Waals surface area (Å²) in [6.45, 7) is 4.69. The van der Waals surface area contributed by atoms with E-state index in [0.717, 1.165) is 0 Å². The summed E-state index contributed by atoms with van der Waals surface area (Å²) in [6, 6.07) is 2.85. The number of rotatable bonds is 6. The molecule has 4 N–H and O–H groups in total. The second-order valence-corrected chi connectivity index (χ2v) is 4.53. The Morgan fingerprint density at radius 2 is 1.55 bits per heavy atom. The largest absolute Gasteiger partial charge is 0.465 e. The molecule has 0 heterocycles. The molecule has 0 bridgehead atoms. The molecule has 0 saturated carbocycles. The maximum atomic E-state index is 12.1. The van der Waals surface area contributed by atoms with Gasteiger partial charge in [0.05, 0.1) is 24.6 Å². The molecule has 0 unspecified atom stereocenters. The van der Waals surface area contributed by atoms with Gasteiger partial charge in [-0.1, -0.05) is 6.07 Å². The highest BCUT2D eigenvalue weighted by atomic mass is 16.6. The van der Waals surface area contributed by atoms with E-state index >= 15 is 0 Å². The Balaban J connectivity index is 3.48. The molecule has 0 saturated heterocycles. The maximum absolute atomic E-state index is 12.1. The molecule has 1 aromatic carbocycles. The Morgan fingerprint density at radius 1 is 1.05 bits per heavy atom. The van der Waals surface area contributed by atoms with Crippen molar-refractivity contribution in [1.82, 2.24) is 0 Å². The zero-order valence-corrected chi connectivity index (χ0v) is 12.8. The van der Waals surface area contributed by atoms with Gasteiger partial charge in [0.1, 0.15) is 0 Å². The first kappa shape index (κ1) is 17.5. The van der Waals surface area contributed by atoms with Crippen LogP contribution in [0.2, 0.25) is 0 Å². The van der Waals surface area contributed by atoms with E-state index in [9.17, 15) is 14.4 Å². The maximum Gasteiger partial charge on any atom is 0.324 e. The molecule has 7 heteroatoms. The van der Waals surface area contributed by atoms with E-state index in [1.54, 1.807) is 13.8 Å². The second-order valence-electron chi connectivity index (χ2n) is 4.53. The predicted octanol–water partition coefficient (Wildman–Crippen LogP) is 1.26. The lowest BCUT2D eigenvalue weighted by molar-refractivity contribution is -0.156. The van der Waals surface area contributed by atoms with Crippen LogP contribution < -0.4 is 11.5 Å². The van der Waals surface area contributed by atoms with E-state index in [-0.39, 0.29) is 35.7 Å². The lowest BCUT2D eigenvalue weighted by Crippen LogP contribution is -2.28. The third-order valence-electron chi connectivity index (χ3n) is 3.02. The highest BCUT2D eigenvalue weighted by molar-refractivity contribution is 6.08. The number of carbonyl (C=O) groups is 3. The number of ether oxygens (including phenoxy) is 2. The van der Waals surface area contributed by atoms with Crippen molar-refractivity contribution in [3.05, 3.63) is 23.3 Å². The third kappa shape index (κ3) is 3.55. The Kier molecular flexibility index (Phi) is 5.91. The molecule has 1 aromatic rings. The predicted molar refractivity (Wildman–Crippen MR) is 81.3 cm³/mol. The van der Waals surface area contributed by atoms with E-state index in [1.165, 1.54) is 19.1 Å². The van der Waals surface area contributed by atoms with Crippen molar-refractivity contribution in [2.75, 3.05) is 24.7 Å². The molecule has 0 radical (unpaired) electrons. The minimum Gasteiger partial charge on any atom is -0.465 e. The van der Waals surface area contributed by atoms with Crippen LogP contribution in [-0.4, -0.2) is 30.9 Å². The van der Waals surface area contributed by atoms with E-state index < -0.39 is 23.6 Å². The summed E-state index contributed by atoms with van der Waals surface area (Å²) in [7, 11) is 0. The molecule has 0 amide bonds. The zero-order chi connectivity index (χ0) is 16.9. The molecular formula is C15H20N2O5. The molecule has 0 atom stereocenters. The fourth-order valence-electron chi connectivity index (χ4n) is 2.09. The molecule has 1 rings (SSSR count). The summed E-state index contributed by atoms with van der Waals surface area (Å²) in [4.78, 5) is 36.1. The number of nitrogens with two attached hydrogens (primary N) is 2. The molecule has 22 heavy (non-hydrogen) atoms. The van der Waals surface area contributed by atoms with Crippen molar-refractivity contribution in [3.8, 4) is 0 Å². The molecule has 7 nitrogen and oxygen atoms in total. The van der Waals surface area contributed by atoms with E-state index in [4.69, 9.17) is 20.9 Å². The van der Waals surface area contributed by atoms with Crippen molar-refractivity contribution >= 4 is 29.1 Å². The monoisotopic (exact) mass is 308 g/mol. The van der Waals surface area contributed by atoms with E-state index in [0.29, 0.717) is 0 Å². The molecule has 0 aliphatic rings.